The Kier molecular flexibility index (Phi) is 3.79. The largest absolute Gasteiger partial charge is 0.132 e. The fraction of sp³-hybridized carbons (Fsp3) is 0.429. The molecule has 0 aliphatic heterocycles. The number of hydrogen-bond donors (Lipinski definition) is 0. The lowest BCUT2D eigenvalue weighted by Gasteiger charge is -2.01. The quantitative estimate of drug-likeness (QED) is 0.639. The minimum atomic E-state index is 1.21. The number of aryl methyl sites for hydroxylation is 1. The highest BCUT2D eigenvalue weighted by Crippen LogP contribution is 2.20. The van der Waals surface area contributed by atoms with Crippen LogP contribution in [0.15, 0.2) is 18.2 Å². The van der Waals surface area contributed by atoms with E-state index in [0.717, 1.165) is 0 Å². The van der Waals surface area contributed by atoms with Crippen LogP contribution in [0.2, 0.25) is 0 Å². The van der Waals surface area contributed by atoms with Crippen LogP contribution in [0.4, 0.5) is 0 Å². The fourth-order valence-corrected chi connectivity index (χ4v) is 2.43. The van der Waals surface area contributed by atoms with Crippen LogP contribution in [0, 0.1) is 10.8 Å². The summed E-state index contributed by atoms with van der Waals surface area (Å²) in [5.41, 5.74) is 1.45. The molecule has 0 unspecified atom stereocenters. The molecule has 0 fully saturated rings. The third kappa shape index (κ3) is 2.82. The average molecular weight is 216 g/mol. The van der Waals surface area contributed by atoms with Crippen molar-refractivity contribution in [1.82, 2.24) is 0 Å². The Bertz CT molecular complexity index is 414. The number of benzene rings is 1. The molecular weight excluding hydrogens is 200 g/mol. The Balaban J connectivity index is 1.96. The van der Waals surface area contributed by atoms with Gasteiger partial charge in [-0.3, -0.25) is 0 Å². The maximum absolute atomic E-state index is 3.25. The number of hydrogen-bond acceptors (Lipinski definition) is 1. The molecule has 0 nitrogen and oxygen atoms in total. The predicted octanol–water partition coefficient (Wildman–Crippen LogP) is 4.62. The molecule has 15 heavy (non-hydrogen) atoms. The van der Waals surface area contributed by atoms with Gasteiger partial charge in [0, 0.05) is 10.8 Å². The van der Waals surface area contributed by atoms with Gasteiger partial charge in [-0.2, -0.15) is 0 Å². The van der Waals surface area contributed by atoms with Crippen LogP contribution in [-0.4, -0.2) is 0 Å². The maximum Gasteiger partial charge on any atom is 0.0534 e. The third-order valence-corrected chi connectivity index (χ3v) is 3.37. The summed E-state index contributed by atoms with van der Waals surface area (Å²) in [4.78, 5) is 0. The molecule has 0 aliphatic carbocycles. The van der Waals surface area contributed by atoms with E-state index in [4.69, 9.17) is 0 Å². The lowest BCUT2D eigenvalue weighted by atomic mass is 10.0. The lowest BCUT2D eigenvalue weighted by Crippen LogP contribution is -1.85. The van der Waals surface area contributed by atoms with Crippen molar-refractivity contribution in [2.24, 2.45) is 0 Å². The fourth-order valence-electron chi connectivity index (χ4n) is 1.81. The van der Waals surface area contributed by atoms with Gasteiger partial charge in [-0.25, -0.2) is 0 Å². The Morgan fingerprint density at radius 2 is 1.93 bits per heavy atom. The SMILES string of the molecule is CCCCCCc1ccc2[c]s[c]c2c1. The van der Waals surface area contributed by atoms with Gasteiger partial charge in [-0.15, -0.1) is 11.3 Å². The van der Waals surface area contributed by atoms with Crippen LogP contribution in [-0.2, 0) is 6.42 Å². The molecule has 1 aromatic heterocycles. The molecular formula is C14H16S. The van der Waals surface area contributed by atoms with Gasteiger partial charge in [0.2, 0.25) is 0 Å². The van der Waals surface area contributed by atoms with E-state index >= 15 is 0 Å². The Labute approximate surface area is 95.9 Å². The highest BCUT2D eigenvalue weighted by molar-refractivity contribution is 7.08. The summed E-state index contributed by atoms with van der Waals surface area (Å²) >= 11 is 1.54. The van der Waals surface area contributed by atoms with Crippen molar-refractivity contribution in [2.75, 3.05) is 0 Å². The van der Waals surface area contributed by atoms with Gasteiger partial charge >= 0.3 is 0 Å². The highest BCUT2D eigenvalue weighted by Gasteiger charge is 1.98. The van der Waals surface area contributed by atoms with Crippen molar-refractivity contribution in [3.63, 3.8) is 0 Å². The maximum atomic E-state index is 3.25. The summed E-state index contributed by atoms with van der Waals surface area (Å²) < 4.78 is 0. The monoisotopic (exact) mass is 216 g/mol. The van der Waals surface area contributed by atoms with Gasteiger partial charge in [0.05, 0.1) is 10.8 Å². The summed E-state index contributed by atoms with van der Waals surface area (Å²) in [5, 5.41) is 8.89. The topological polar surface area (TPSA) is 0 Å². The minimum Gasteiger partial charge on any atom is -0.132 e. The van der Waals surface area contributed by atoms with E-state index < -0.39 is 0 Å². The molecule has 1 heteroatoms. The predicted molar refractivity (Wildman–Crippen MR) is 67.3 cm³/mol. The number of unbranched alkanes of at least 4 members (excludes halogenated alkanes) is 3. The summed E-state index contributed by atoms with van der Waals surface area (Å²) in [6.45, 7) is 2.25. The molecule has 0 N–H and O–H groups in total. The standard InChI is InChI=1S/C14H16S/c1-2-3-4-5-6-12-7-8-13-10-15-11-14(13)9-12/h7-9H,2-6H2,1H3. The second-order valence-corrected chi connectivity index (χ2v) is 4.61. The van der Waals surface area contributed by atoms with Crippen LogP contribution in [0.5, 0.6) is 0 Å². The van der Waals surface area contributed by atoms with E-state index in [1.807, 2.05) is 0 Å². The molecule has 78 valence electrons. The zero-order valence-electron chi connectivity index (χ0n) is 9.18. The summed E-state index contributed by atoms with van der Waals surface area (Å²) in [5.74, 6) is 0. The van der Waals surface area contributed by atoms with Gasteiger partial charge in [0.15, 0.2) is 0 Å². The minimum absolute atomic E-state index is 1.21. The van der Waals surface area contributed by atoms with Crippen molar-refractivity contribution in [3.05, 3.63) is 34.5 Å². The second-order valence-electron chi connectivity index (χ2n) is 4.00. The van der Waals surface area contributed by atoms with E-state index in [9.17, 15) is 0 Å². The first-order valence-corrected chi connectivity index (χ1v) is 6.52. The molecule has 0 spiro atoms. The average Bonchev–Trinajstić information content (AvgIpc) is 2.71. The van der Waals surface area contributed by atoms with E-state index in [1.165, 1.54) is 48.4 Å². The van der Waals surface area contributed by atoms with Crippen LogP contribution in [0.25, 0.3) is 10.8 Å². The lowest BCUT2D eigenvalue weighted by molar-refractivity contribution is 0.667. The molecule has 0 bridgehead atoms. The molecule has 0 saturated carbocycles. The molecule has 2 rings (SSSR count). The molecule has 1 aromatic carbocycles. The molecule has 0 amide bonds. The Hall–Kier alpha value is -0.820. The number of rotatable bonds is 5. The van der Waals surface area contributed by atoms with Crippen molar-refractivity contribution in [1.29, 1.82) is 0 Å². The van der Waals surface area contributed by atoms with Crippen LogP contribution < -0.4 is 0 Å². The van der Waals surface area contributed by atoms with E-state index in [1.54, 1.807) is 11.3 Å². The highest BCUT2D eigenvalue weighted by atomic mass is 32.1. The van der Waals surface area contributed by atoms with Gasteiger partial charge < -0.3 is 0 Å². The first kappa shape index (κ1) is 10.7. The van der Waals surface area contributed by atoms with Gasteiger partial charge in [-0.1, -0.05) is 38.3 Å². The molecule has 0 aliphatic rings. The van der Waals surface area contributed by atoms with E-state index in [2.05, 4.69) is 35.9 Å². The van der Waals surface area contributed by atoms with Gasteiger partial charge in [-0.05, 0) is 24.5 Å². The Morgan fingerprint density at radius 3 is 2.80 bits per heavy atom. The Morgan fingerprint density at radius 1 is 1.07 bits per heavy atom. The number of fused-ring (bicyclic) bond motifs is 1. The zero-order valence-corrected chi connectivity index (χ0v) is 9.99. The molecule has 0 saturated heterocycles. The smallest absolute Gasteiger partial charge is 0.0534 e. The van der Waals surface area contributed by atoms with Crippen molar-refractivity contribution >= 4 is 22.1 Å². The van der Waals surface area contributed by atoms with Crippen LogP contribution >= 0.6 is 11.3 Å². The number of thiophene rings is 1. The summed E-state index contributed by atoms with van der Waals surface area (Å²) in [6, 6.07) is 6.65. The summed E-state index contributed by atoms with van der Waals surface area (Å²) in [6.07, 6.45) is 6.55. The van der Waals surface area contributed by atoms with E-state index in [0.29, 0.717) is 0 Å². The normalized spacial score (nSPS) is 11.0. The van der Waals surface area contributed by atoms with Gasteiger partial charge in [0.25, 0.3) is 0 Å². The molecule has 2 aromatic rings. The van der Waals surface area contributed by atoms with Crippen molar-refractivity contribution < 1.29 is 0 Å². The molecule has 1 heterocycles. The van der Waals surface area contributed by atoms with Crippen LogP contribution in [0.1, 0.15) is 38.2 Å². The summed E-state index contributed by atoms with van der Waals surface area (Å²) in [7, 11) is 0. The van der Waals surface area contributed by atoms with Crippen molar-refractivity contribution in [2.45, 2.75) is 39.0 Å². The zero-order chi connectivity index (χ0) is 10.5. The first-order valence-electron chi connectivity index (χ1n) is 5.71. The molecule has 2 radical (unpaired) electrons. The molecule has 0 atom stereocenters. The van der Waals surface area contributed by atoms with Crippen LogP contribution in [0.3, 0.4) is 0 Å². The first-order chi connectivity index (χ1) is 7.40. The van der Waals surface area contributed by atoms with Gasteiger partial charge in [0.1, 0.15) is 0 Å². The van der Waals surface area contributed by atoms with E-state index in [-0.39, 0.29) is 0 Å². The third-order valence-electron chi connectivity index (χ3n) is 2.72. The van der Waals surface area contributed by atoms with Crippen molar-refractivity contribution in [3.8, 4) is 0 Å². The second kappa shape index (κ2) is 5.32.